The number of carboxylic acids is 1. The van der Waals surface area contributed by atoms with Crippen molar-refractivity contribution >= 4 is 46.0 Å². The number of nitrogens with one attached hydrogen (secondary N) is 2. The van der Waals surface area contributed by atoms with E-state index in [1.54, 1.807) is 18.2 Å². The van der Waals surface area contributed by atoms with Gasteiger partial charge in [0.05, 0.1) is 10.0 Å². The van der Waals surface area contributed by atoms with E-state index >= 15 is 0 Å². The maximum Gasteiger partial charge on any atom is 0.338 e. The Morgan fingerprint density at radius 1 is 1.23 bits per heavy atom. The van der Waals surface area contributed by atoms with Crippen LogP contribution in [0.1, 0.15) is 28.5 Å². The molecule has 6 nitrogen and oxygen atoms in total. The Labute approximate surface area is 181 Å². The summed E-state index contributed by atoms with van der Waals surface area (Å²) in [5.74, 6) is -1.13. The molecule has 0 aliphatic heterocycles. The number of carbonyl (C=O) groups is 2. The number of hydrogen-bond acceptors (Lipinski definition) is 3. The van der Waals surface area contributed by atoms with Gasteiger partial charge in [-0.1, -0.05) is 23.2 Å². The molecule has 158 valence electrons. The van der Waals surface area contributed by atoms with Gasteiger partial charge in [-0.15, -0.1) is 0 Å². The molecular formula is C21H19Cl2FN2O4. The fraction of sp³-hybridized carbons (Fsp3) is 0.238. The number of H-pyrrole nitrogens is 1. The Hall–Kier alpha value is -2.77. The van der Waals surface area contributed by atoms with E-state index in [1.807, 2.05) is 13.8 Å². The van der Waals surface area contributed by atoms with Crippen molar-refractivity contribution in [1.29, 1.82) is 0 Å². The van der Waals surface area contributed by atoms with Crippen molar-refractivity contribution in [2.45, 2.75) is 26.4 Å². The second-order valence-electron chi connectivity index (χ2n) is 6.69. The minimum Gasteiger partial charge on any atom is -0.479 e. The molecule has 3 rings (SSSR count). The Kier molecular flexibility index (Phi) is 6.53. The van der Waals surface area contributed by atoms with Crippen LogP contribution in [0.3, 0.4) is 0 Å². The van der Waals surface area contributed by atoms with E-state index in [0.29, 0.717) is 23.6 Å². The first kappa shape index (κ1) is 21.9. The van der Waals surface area contributed by atoms with Crippen LogP contribution in [-0.4, -0.2) is 34.7 Å². The van der Waals surface area contributed by atoms with E-state index in [4.69, 9.17) is 33.0 Å². The maximum atomic E-state index is 13.5. The van der Waals surface area contributed by atoms with Crippen molar-refractivity contribution < 1.29 is 23.8 Å². The van der Waals surface area contributed by atoms with Gasteiger partial charge in [-0.3, -0.25) is 4.79 Å². The van der Waals surface area contributed by atoms with Crippen molar-refractivity contribution in [2.75, 3.05) is 6.54 Å². The summed E-state index contributed by atoms with van der Waals surface area (Å²) in [7, 11) is 0. The van der Waals surface area contributed by atoms with E-state index in [2.05, 4.69) is 10.3 Å². The lowest BCUT2D eigenvalue weighted by molar-refractivity contribution is -0.142. The fourth-order valence-electron chi connectivity index (χ4n) is 3.09. The van der Waals surface area contributed by atoms with Gasteiger partial charge in [0.25, 0.3) is 5.91 Å². The number of aryl methyl sites for hydroxylation is 1. The number of rotatable bonds is 7. The molecule has 1 amide bonds. The van der Waals surface area contributed by atoms with Gasteiger partial charge in [0.2, 0.25) is 6.17 Å². The van der Waals surface area contributed by atoms with E-state index in [0.717, 1.165) is 16.5 Å². The number of halogens is 3. The molecule has 1 atom stereocenters. The van der Waals surface area contributed by atoms with Crippen LogP contribution in [0.4, 0.5) is 4.39 Å². The minimum atomic E-state index is -2.05. The van der Waals surface area contributed by atoms with E-state index in [-0.39, 0.29) is 28.1 Å². The molecular weight excluding hydrogens is 434 g/mol. The molecule has 0 spiro atoms. The molecule has 0 bridgehead atoms. The highest BCUT2D eigenvalue weighted by Gasteiger charge is 2.19. The molecule has 0 radical (unpaired) electrons. The summed E-state index contributed by atoms with van der Waals surface area (Å²) < 4.78 is 19.3. The van der Waals surface area contributed by atoms with Gasteiger partial charge in [0.1, 0.15) is 11.4 Å². The van der Waals surface area contributed by atoms with Gasteiger partial charge >= 0.3 is 5.97 Å². The predicted molar refractivity (Wildman–Crippen MR) is 114 cm³/mol. The molecule has 0 aliphatic rings. The Balaban J connectivity index is 1.89. The maximum absolute atomic E-state index is 13.5. The number of hydrogen-bond donors (Lipinski definition) is 3. The average molecular weight is 453 g/mol. The van der Waals surface area contributed by atoms with Crippen LogP contribution in [0.25, 0.3) is 10.9 Å². The lowest BCUT2D eigenvalue weighted by atomic mass is 10.1. The summed E-state index contributed by atoms with van der Waals surface area (Å²) in [5, 5.41) is 12.5. The number of fused-ring (bicyclic) bond motifs is 1. The fourth-order valence-corrected chi connectivity index (χ4v) is 3.69. The standard InChI is InChI=1S/C21H19Cl2FN2O4/c1-3-25-20(27)18-10(2)13-9-12(4-5-17(13)26-18)30-19-14(22)6-11(7-15(19)23)8-16(24)21(28)29/h4-7,9,16,26H,3,8H2,1-2H3,(H,25,27)(H,28,29). The van der Waals surface area contributed by atoms with Crippen LogP contribution in [0.2, 0.25) is 10.0 Å². The zero-order valence-corrected chi connectivity index (χ0v) is 17.7. The third kappa shape index (κ3) is 4.52. The van der Waals surface area contributed by atoms with Gasteiger partial charge in [-0.2, -0.15) is 0 Å². The molecule has 1 aromatic heterocycles. The summed E-state index contributed by atoms with van der Waals surface area (Å²) in [4.78, 5) is 26.0. The molecule has 3 aromatic rings. The highest BCUT2D eigenvalue weighted by molar-refractivity contribution is 6.37. The van der Waals surface area contributed by atoms with Crippen LogP contribution < -0.4 is 10.1 Å². The monoisotopic (exact) mass is 452 g/mol. The van der Waals surface area contributed by atoms with Crippen LogP contribution in [0, 0.1) is 6.92 Å². The molecule has 1 heterocycles. The first-order valence-corrected chi connectivity index (χ1v) is 9.90. The summed E-state index contributed by atoms with van der Waals surface area (Å²) in [6, 6.07) is 8.07. The second kappa shape index (κ2) is 8.93. The highest BCUT2D eigenvalue weighted by Crippen LogP contribution is 2.39. The van der Waals surface area contributed by atoms with Crippen molar-refractivity contribution in [1.82, 2.24) is 10.3 Å². The molecule has 0 saturated carbocycles. The summed E-state index contributed by atoms with van der Waals surface area (Å²) in [6.07, 6.45) is -2.41. The summed E-state index contributed by atoms with van der Waals surface area (Å²) >= 11 is 12.5. The molecule has 3 N–H and O–H groups in total. The number of amides is 1. The highest BCUT2D eigenvalue weighted by atomic mass is 35.5. The Morgan fingerprint density at radius 2 is 1.90 bits per heavy atom. The number of aromatic amines is 1. The molecule has 30 heavy (non-hydrogen) atoms. The largest absolute Gasteiger partial charge is 0.479 e. The summed E-state index contributed by atoms with van der Waals surface area (Å²) in [5.41, 5.74) is 2.37. The van der Waals surface area contributed by atoms with E-state index in [9.17, 15) is 14.0 Å². The molecule has 0 saturated heterocycles. The van der Waals surface area contributed by atoms with Gasteiger partial charge in [0.15, 0.2) is 5.75 Å². The van der Waals surface area contributed by atoms with E-state index in [1.165, 1.54) is 12.1 Å². The minimum absolute atomic E-state index is 0.129. The number of ether oxygens (including phenoxy) is 1. The molecule has 1 unspecified atom stereocenters. The third-order valence-electron chi connectivity index (χ3n) is 4.55. The second-order valence-corrected chi connectivity index (χ2v) is 7.51. The lowest BCUT2D eigenvalue weighted by Crippen LogP contribution is -2.23. The van der Waals surface area contributed by atoms with Crippen LogP contribution in [0.5, 0.6) is 11.5 Å². The third-order valence-corrected chi connectivity index (χ3v) is 5.12. The first-order chi connectivity index (χ1) is 14.2. The van der Waals surface area contributed by atoms with Gasteiger partial charge in [-0.05, 0) is 55.3 Å². The SMILES string of the molecule is CCNC(=O)c1[nH]c2ccc(Oc3c(Cl)cc(CC(F)C(=O)O)cc3Cl)cc2c1C. The zero-order chi connectivity index (χ0) is 22.0. The number of carbonyl (C=O) groups excluding carboxylic acids is 1. The number of aromatic nitrogens is 1. The number of aliphatic carboxylic acids is 1. The zero-order valence-electron chi connectivity index (χ0n) is 16.2. The van der Waals surface area contributed by atoms with Crippen molar-refractivity contribution in [3.8, 4) is 11.5 Å². The quantitative estimate of drug-likeness (QED) is 0.454. The Morgan fingerprint density at radius 3 is 2.50 bits per heavy atom. The van der Waals surface area contributed by atoms with E-state index < -0.39 is 12.1 Å². The predicted octanol–water partition coefficient (Wildman–Crippen LogP) is 5.29. The number of benzene rings is 2. The van der Waals surface area contributed by atoms with Gasteiger partial charge in [0, 0.05) is 23.9 Å². The number of carboxylic acid groups (broad SMARTS) is 1. The number of alkyl halides is 1. The van der Waals surface area contributed by atoms with Crippen molar-refractivity contribution in [3.63, 3.8) is 0 Å². The normalized spacial score (nSPS) is 12.0. The average Bonchev–Trinajstić information content (AvgIpc) is 3.01. The summed E-state index contributed by atoms with van der Waals surface area (Å²) in [6.45, 7) is 4.19. The first-order valence-electron chi connectivity index (χ1n) is 9.14. The molecule has 0 aliphatic carbocycles. The molecule has 2 aromatic carbocycles. The topological polar surface area (TPSA) is 91.4 Å². The van der Waals surface area contributed by atoms with Crippen LogP contribution in [0.15, 0.2) is 30.3 Å². The van der Waals surface area contributed by atoms with Gasteiger partial charge < -0.3 is 20.1 Å². The van der Waals surface area contributed by atoms with Crippen LogP contribution in [-0.2, 0) is 11.2 Å². The van der Waals surface area contributed by atoms with Gasteiger partial charge in [-0.25, -0.2) is 9.18 Å². The molecule has 9 heteroatoms. The smallest absolute Gasteiger partial charge is 0.338 e. The van der Waals surface area contributed by atoms with Crippen molar-refractivity contribution in [2.24, 2.45) is 0 Å². The molecule has 0 fully saturated rings. The Bertz CT molecular complexity index is 1110. The van der Waals surface area contributed by atoms with Crippen molar-refractivity contribution in [3.05, 3.63) is 57.2 Å². The lowest BCUT2D eigenvalue weighted by Gasteiger charge is -2.12. The van der Waals surface area contributed by atoms with Crippen LogP contribution >= 0.6 is 23.2 Å².